The van der Waals surface area contributed by atoms with Crippen molar-refractivity contribution in [3.05, 3.63) is 97.1 Å². The molecule has 0 fully saturated rings. The molecule has 0 aliphatic carbocycles. The van der Waals surface area contributed by atoms with Gasteiger partial charge in [0.1, 0.15) is 32.5 Å². The largest absolute Gasteiger partial charge is 1.00 e. The molecule has 6 aromatic rings. The van der Waals surface area contributed by atoms with Crippen LogP contribution in [-0.4, -0.2) is 121 Å². The monoisotopic (exact) mass is 1080 g/mol. The van der Waals surface area contributed by atoms with E-state index in [0.717, 1.165) is 12.1 Å². The van der Waals surface area contributed by atoms with Crippen LogP contribution in [0.15, 0.2) is 158 Å². The molecule has 29 heteroatoms. The molecule has 0 atom stereocenters. The molecule has 0 aliphatic heterocycles. The number of aliphatic hydroxyl groups excluding tert-OH is 5. The van der Waals surface area contributed by atoms with Crippen LogP contribution in [0.25, 0.3) is 10.8 Å². The van der Waals surface area contributed by atoms with Gasteiger partial charge in [0.2, 0.25) is 0 Å². The van der Waals surface area contributed by atoms with Gasteiger partial charge >= 0.3 is 29.6 Å². The van der Waals surface area contributed by atoms with E-state index in [-0.39, 0.29) is 133 Å². The van der Waals surface area contributed by atoms with Crippen LogP contribution in [-0.2, 0) is 20.2 Å². The number of aliphatic hydroxyl groups is 5. The smallest absolute Gasteiger partial charge is 0.862 e. The fourth-order valence-corrected chi connectivity index (χ4v) is 8.38. The van der Waals surface area contributed by atoms with E-state index >= 15 is 0 Å². The molecule has 388 valence electrons. The first-order chi connectivity index (χ1) is 35.2. The molecule has 75 heavy (non-hydrogen) atoms. The van der Waals surface area contributed by atoms with Crippen LogP contribution in [0.4, 0.5) is 73.9 Å². The number of nitrogens with zero attached hydrogens (tertiary/aromatic N) is 12. The van der Waals surface area contributed by atoms with Crippen molar-refractivity contribution in [2.75, 3.05) is 68.1 Å². The second-order valence-electron chi connectivity index (χ2n) is 15.6. The number of benzene rings is 6. The third-order valence-electron chi connectivity index (χ3n) is 10.3. The summed E-state index contributed by atoms with van der Waals surface area (Å²) in [5.74, 6) is -1.75. The first-order valence-corrected chi connectivity index (χ1v) is 24.7. The third-order valence-corrected chi connectivity index (χ3v) is 12.1. The average molecular weight is 1080 g/mol. The molecule has 0 aromatic heterocycles. The van der Waals surface area contributed by atoms with Crippen LogP contribution in [0.5, 0.6) is 5.75 Å². The molecule has 0 aliphatic rings. The number of phenolic OH excluding ortho intramolecular Hbond substituents is 1. The van der Waals surface area contributed by atoms with Gasteiger partial charge in [0, 0.05) is 44.5 Å². The summed E-state index contributed by atoms with van der Waals surface area (Å²) in [7, 11) is -10.4. The van der Waals surface area contributed by atoms with Gasteiger partial charge in [-0.1, -0.05) is 0 Å². The van der Waals surface area contributed by atoms with Crippen molar-refractivity contribution in [2.24, 2.45) is 50.9 Å². The quantitative estimate of drug-likeness (QED) is 0.0109. The van der Waals surface area contributed by atoms with Crippen LogP contribution in [0.2, 0.25) is 0 Å². The van der Waals surface area contributed by atoms with Crippen molar-refractivity contribution in [2.45, 2.75) is 23.6 Å². The minimum absolute atomic E-state index is 0. The Morgan fingerprint density at radius 2 is 0.893 bits per heavy atom. The number of fused-ring (bicyclic) bond motifs is 1. The maximum absolute atomic E-state index is 12.7. The molecule has 26 nitrogen and oxygen atoms in total. The fourth-order valence-electron chi connectivity index (χ4n) is 7.05. The Labute approximate surface area is 450 Å². The third kappa shape index (κ3) is 15.4. The summed E-state index contributed by atoms with van der Waals surface area (Å²) in [4.78, 5) is 9.58. The number of anilines is 3. The molecule has 0 bridgehead atoms. The van der Waals surface area contributed by atoms with Gasteiger partial charge in [-0.3, -0.25) is 14.1 Å². The summed E-state index contributed by atoms with van der Waals surface area (Å²) < 4.78 is 71.0. The summed E-state index contributed by atoms with van der Waals surface area (Å²) in [5.41, 5.74) is 7.15. The van der Waals surface area contributed by atoms with Crippen LogP contribution in [0, 0.1) is 0 Å². The molecular weight excluding hydrogens is 1030 g/mol. The van der Waals surface area contributed by atoms with Gasteiger partial charge in [-0.25, -0.2) is 4.99 Å². The number of aliphatic imine (C=N–C) groups is 2. The van der Waals surface area contributed by atoms with Gasteiger partial charge in [0.25, 0.3) is 20.2 Å². The van der Waals surface area contributed by atoms with E-state index in [9.17, 15) is 61.7 Å². The van der Waals surface area contributed by atoms with Crippen molar-refractivity contribution >= 4 is 117 Å². The number of hydrogen-bond acceptors (Lipinski definition) is 23. The maximum Gasteiger partial charge on any atom is 1.00 e. The number of aromatic hydroxyl groups is 1. The molecule has 0 heterocycles. The molecule has 0 unspecified atom stereocenters. The topological polar surface area (TPSA) is 409 Å². The number of rotatable bonds is 22. The standard InChI is InChI=1S/C46H49N13O13S2.Na/c1-27(64)48-38-25-34(58(15-19-60)16-20-61)11-13-36(38)54-50-30-3-7-32(8-4-30)52-56-44-40(73(67,68)69)23-29-24-41(74(70,71)72)45(46(66)42(29)43(44)47)57-53-33-9-5-31(6-10-33)51-55-37-14-12-35(26-39(37)49-28(2)65)59(17-21-62)18-22-63;/h3-14,23-26,60-63,66H,15-22,47H2,1-2H3,(H,48,64)(H,49,65)(H,67,68,69)(H,70,71,72);/q;+1/p-1. The van der Waals surface area contributed by atoms with Gasteiger partial charge in [-0.15, -0.1) is 20.5 Å². The van der Waals surface area contributed by atoms with E-state index in [0.29, 0.717) is 17.1 Å². The fraction of sp³-hybridized carbons (Fsp3) is 0.217. The van der Waals surface area contributed by atoms with Crippen molar-refractivity contribution in [3.63, 3.8) is 0 Å². The molecule has 0 saturated carbocycles. The zero-order valence-electron chi connectivity index (χ0n) is 40.3. The SMILES string of the molecule is CC([O-])=Nc1cc(N(CCO)CCO)ccc1N=Nc1ccc(N=Nc2c(S(=O)(=O)O)cc3cc(S(=O)(=O)O)c(N=Nc4ccc(N=Nc5ccc(N(CCO)CCO)cc5N=C(C)O)cc4)c(O)c3c2N)cc1.[Na+]. The second kappa shape index (κ2) is 26.3. The molecular formula is C46H48N13NaO13S2. The first kappa shape index (κ1) is 58.7. The minimum atomic E-state index is -5.21. The van der Waals surface area contributed by atoms with E-state index < -0.39 is 64.1 Å². The van der Waals surface area contributed by atoms with Crippen LogP contribution in [0.1, 0.15) is 13.8 Å². The summed E-state index contributed by atoms with van der Waals surface area (Å²) in [5, 5.41) is 103. The van der Waals surface area contributed by atoms with Gasteiger partial charge in [0.05, 0.1) is 71.6 Å². The zero-order chi connectivity index (χ0) is 53.7. The van der Waals surface area contributed by atoms with E-state index in [2.05, 4.69) is 50.9 Å². The summed E-state index contributed by atoms with van der Waals surface area (Å²) in [6.45, 7) is 2.79. The predicted octanol–water partition coefficient (Wildman–Crippen LogP) is 4.89. The Morgan fingerprint density at radius 3 is 1.25 bits per heavy atom. The Morgan fingerprint density at radius 1 is 0.533 bits per heavy atom. The van der Waals surface area contributed by atoms with Crippen LogP contribution >= 0.6 is 0 Å². The van der Waals surface area contributed by atoms with Crippen LogP contribution in [0.3, 0.4) is 0 Å². The van der Waals surface area contributed by atoms with E-state index in [4.69, 9.17) is 5.73 Å². The van der Waals surface area contributed by atoms with Gasteiger partial charge in [-0.2, -0.15) is 37.3 Å². The minimum Gasteiger partial charge on any atom is -0.862 e. The Hall–Kier alpha value is -7.22. The summed E-state index contributed by atoms with van der Waals surface area (Å²) >= 11 is 0. The number of phenols is 1. The Bertz CT molecular complexity index is 3200. The van der Waals surface area contributed by atoms with Crippen molar-refractivity contribution in [1.82, 2.24) is 0 Å². The molecule has 6 rings (SSSR count). The number of hydrogen-bond donors (Lipinski definition) is 9. The Balaban J connectivity index is 0.0000104. The molecule has 0 radical (unpaired) electrons. The Kier molecular flexibility index (Phi) is 20.6. The number of nitrogens with two attached hydrogens (primary N) is 1. The van der Waals surface area contributed by atoms with Gasteiger partial charge in [0.15, 0.2) is 11.6 Å². The van der Waals surface area contributed by atoms with E-state index in [1.165, 1.54) is 62.4 Å². The van der Waals surface area contributed by atoms with Crippen molar-refractivity contribution in [1.29, 1.82) is 0 Å². The first-order valence-electron chi connectivity index (χ1n) is 21.9. The van der Waals surface area contributed by atoms with Gasteiger partial charge < -0.3 is 51.3 Å². The van der Waals surface area contributed by atoms with Crippen LogP contribution < -0.4 is 50.2 Å². The molecule has 0 amide bonds. The molecule has 0 saturated heterocycles. The zero-order valence-corrected chi connectivity index (χ0v) is 43.9. The molecule has 6 aromatic carbocycles. The summed E-state index contributed by atoms with van der Waals surface area (Å²) in [6, 6.07) is 22.6. The van der Waals surface area contributed by atoms with Crippen molar-refractivity contribution in [3.8, 4) is 5.75 Å². The predicted molar refractivity (Wildman–Crippen MR) is 273 cm³/mol. The molecule has 0 spiro atoms. The maximum atomic E-state index is 12.7. The number of azo groups is 4. The number of nitrogen functional groups attached to an aromatic ring is 1. The molecule has 10 N–H and O–H groups in total. The van der Waals surface area contributed by atoms with Gasteiger partial charge in [-0.05, 0) is 115 Å². The average Bonchev–Trinajstić information content (AvgIpc) is 3.34. The van der Waals surface area contributed by atoms with E-state index in [1.54, 1.807) is 46.2 Å². The normalized spacial score (nSPS) is 12.7. The van der Waals surface area contributed by atoms with Crippen molar-refractivity contribution < 1.29 is 91.2 Å². The van der Waals surface area contributed by atoms with E-state index in [1.807, 2.05) is 0 Å². The summed E-state index contributed by atoms with van der Waals surface area (Å²) in [6.07, 6.45) is 0. The second-order valence-corrected chi connectivity index (χ2v) is 18.4.